The number of imidazole rings is 1. The second-order valence-corrected chi connectivity index (χ2v) is 5.84. The second-order valence-electron chi connectivity index (χ2n) is 5.46. The quantitative estimate of drug-likeness (QED) is 0.839. The number of ether oxygens (including phenoxy) is 1. The molecule has 0 radical (unpaired) electrons. The molecule has 96 valence electrons. The number of aromatic amines is 1. The van der Waals surface area contributed by atoms with Gasteiger partial charge in [-0.2, -0.15) is 0 Å². The third kappa shape index (κ3) is 2.10. The second kappa shape index (κ2) is 4.52. The van der Waals surface area contributed by atoms with E-state index in [-0.39, 0.29) is 0 Å². The molecule has 1 fully saturated rings. The van der Waals surface area contributed by atoms with Crippen LogP contribution >= 0.6 is 12.2 Å². The van der Waals surface area contributed by atoms with Gasteiger partial charge in [-0.05, 0) is 42.6 Å². The molecule has 18 heavy (non-hydrogen) atoms. The van der Waals surface area contributed by atoms with Crippen molar-refractivity contribution in [2.45, 2.75) is 26.3 Å². The Morgan fingerprint density at radius 1 is 1.33 bits per heavy atom. The SMILES string of the molecule is CC1(Cn2c(=S)[nH]c3ccccc32)CCOCC1. The Morgan fingerprint density at radius 2 is 2.06 bits per heavy atom. The molecule has 0 unspecified atom stereocenters. The van der Waals surface area contributed by atoms with Crippen molar-refractivity contribution in [1.29, 1.82) is 0 Å². The van der Waals surface area contributed by atoms with Gasteiger partial charge < -0.3 is 14.3 Å². The molecule has 0 saturated carbocycles. The first-order valence-electron chi connectivity index (χ1n) is 6.43. The Balaban J connectivity index is 1.99. The molecule has 4 heteroatoms. The highest BCUT2D eigenvalue weighted by molar-refractivity contribution is 7.71. The molecule has 3 rings (SSSR count). The topological polar surface area (TPSA) is 29.9 Å². The summed E-state index contributed by atoms with van der Waals surface area (Å²) in [5.41, 5.74) is 2.62. The molecule has 0 aliphatic carbocycles. The fourth-order valence-corrected chi connectivity index (χ4v) is 2.94. The molecule has 0 atom stereocenters. The first kappa shape index (κ1) is 11.9. The lowest BCUT2D eigenvalue weighted by Crippen LogP contribution is -2.31. The van der Waals surface area contributed by atoms with Crippen LogP contribution < -0.4 is 0 Å². The highest BCUT2D eigenvalue weighted by atomic mass is 32.1. The Kier molecular flexibility index (Phi) is 2.99. The minimum absolute atomic E-state index is 0.293. The number of aromatic nitrogens is 2. The van der Waals surface area contributed by atoms with E-state index in [9.17, 15) is 0 Å². The predicted molar refractivity (Wildman–Crippen MR) is 75.3 cm³/mol. The van der Waals surface area contributed by atoms with Gasteiger partial charge in [-0.3, -0.25) is 0 Å². The van der Waals surface area contributed by atoms with Crippen molar-refractivity contribution in [3.05, 3.63) is 29.0 Å². The molecular formula is C14H18N2OS. The van der Waals surface area contributed by atoms with Crippen molar-refractivity contribution in [3.8, 4) is 0 Å². The van der Waals surface area contributed by atoms with Gasteiger partial charge >= 0.3 is 0 Å². The van der Waals surface area contributed by atoms with E-state index in [0.717, 1.165) is 42.9 Å². The molecule has 1 aliphatic rings. The Bertz CT molecular complexity index is 608. The zero-order chi connectivity index (χ0) is 12.6. The van der Waals surface area contributed by atoms with E-state index in [2.05, 4.69) is 34.7 Å². The van der Waals surface area contributed by atoms with E-state index in [4.69, 9.17) is 17.0 Å². The van der Waals surface area contributed by atoms with Gasteiger partial charge in [0.15, 0.2) is 4.77 Å². The lowest BCUT2D eigenvalue weighted by molar-refractivity contribution is 0.0159. The van der Waals surface area contributed by atoms with E-state index in [1.165, 1.54) is 5.52 Å². The fraction of sp³-hybridized carbons (Fsp3) is 0.500. The maximum atomic E-state index is 5.46. The molecule has 2 aromatic rings. The fourth-order valence-electron chi connectivity index (χ4n) is 2.67. The van der Waals surface area contributed by atoms with Gasteiger partial charge in [0.2, 0.25) is 0 Å². The summed E-state index contributed by atoms with van der Waals surface area (Å²) in [5.74, 6) is 0. The van der Waals surface area contributed by atoms with Gasteiger partial charge in [0.05, 0.1) is 11.0 Å². The van der Waals surface area contributed by atoms with Gasteiger partial charge in [0.1, 0.15) is 0 Å². The van der Waals surface area contributed by atoms with Crippen LogP contribution in [0.3, 0.4) is 0 Å². The van der Waals surface area contributed by atoms with Gasteiger partial charge in [-0.1, -0.05) is 19.1 Å². The molecule has 0 spiro atoms. The van der Waals surface area contributed by atoms with Gasteiger partial charge in [-0.25, -0.2) is 0 Å². The first-order chi connectivity index (χ1) is 8.68. The van der Waals surface area contributed by atoms with Crippen molar-refractivity contribution >= 4 is 23.3 Å². The average molecular weight is 262 g/mol. The van der Waals surface area contributed by atoms with E-state index < -0.39 is 0 Å². The molecule has 1 aromatic heterocycles. The van der Waals surface area contributed by atoms with Crippen LogP contribution in [-0.4, -0.2) is 22.8 Å². The number of para-hydroxylation sites is 2. The van der Waals surface area contributed by atoms with Crippen molar-refractivity contribution in [2.24, 2.45) is 5.41 Å². The van der Waals surface area contributed by atoms with Crippen LogP contribution in [0.15, 0.2) is 24.3 Å². The summed E-state index contributed by atoms with van der Waals surface area (Å²) in [6, 6.07) is 8.31. The minimum atomic E-state index is 0.293. The van der Waals surface area contributed by atoms with E-state index >= 15 is 0 Å². The monoisotopic (exact) mass is 262 g/mol. The third-order valence-corrected chi connectivity index (χ3v) is 4.24. The van der Waals surface area contributed by atoms with Gasteiger partial charge in [0, 0.05) is 19.8 Å². The van der Waals surface area contributed by atoms with Crippen LogP contribution in [0.5, 0.6) is 0 Å². The Morgan fingerprint density at radius 3 is 2.83 bits per heavy atom. The summed E-state index contributed by atoms with van der Waals surface area (Å²) < 4.78 is 8.51. The van der Waals surface area contributed by atoms with Crippen molar-refractivity contribution in [1.82, 2.24) is 9.55 Å². The van der Waals surface area contributed by atoms with Crippen molar-refractivity contribution in [3.63, 3.8) is 0 Å². The van der Waals surface area contributed by atoms with E-state index in [1.807, 2.05) is 6.07 Å². The number of benzene rings is 1. The number of rotatable bonds is 2. The molecule has 1 N–H and O–H groups in total. The number of nitrogens with zero attached hydrogens (tertiary/aromatic N) is 1. The number of fused-ring (bicyclic) bond motifs is 1. The highest BCUT2D eigenvalue weighted by Crippen LogP contribution is 2.32. The van der Waals surface area contributed by atoms with Crippen molar-refractivity contribution < 1.29 is 4.74 Å². The van der Waals surface area contributed by atoms with Crippen LogP contribution in [0.25, 0.3) is 11.0 Å². The molecular weight excluding hydrogens is 244 g/mol. The third-order valence-electron chi connectivity index (χ3n) is 3.92. The molecule has 3 nitrogen and oxygen atoms in total. The number of nitrogens with one attached hydrogen (secondary N) is 1. The zero-order valence-corrected chi connectivity index (χ0v) is 11.4. The smallest absolute Gasteiger partial charge is 0.178 e. The summed E-state index contributed by atoms with van der Waals surface area (Å²) in [5, 5.41) is 0. The molecule has 0 amide bonds. The maximum Gasteiger partial charge on any atom is 0.178 e. The van der Waals surface area contributed by atoms with E-state index in [0.29, 0.717) is 5.41 Å². The summed E-state index contributed by atoms with van der Waals surface area (Å²) in [6.45, 7) is 5.04. The lowest BCUT2D eigenvalue weighted by atomic mass is 9.82. The number of H-pyrrole nitrogens is 1. The van der Waals surface area contributed by atoms with Gasteiger partial charge in [0.25, 0.3) is 0 Å². The normalized spacial score (nSPS) is 19.2. The van der Waals surface area contributed by atoms with Crippen LogP contribution in [0.2, 0.25) is 0 Å². The zero-order valence-electron chi connectivity index (χ0n) is 10.6. The summed E-state index contributed by atoms with van der Waals surface area (Å²) in [4.78, 5) is 3.28. The molecule has 1 saturated heterocycles. The van der Waals surface area contributed by atoms with E-state index in [1.54, 1.807) is 0 Å². The molecule has 0 bridgehead atoms. The standard InChI is InChI=1S/C14H18N2OS/c1-14(6-8-17-9-7-14)10-16-12-5-3-2-4-11(12)15-13(16)18/h2-5H,6-10H2,1H3,(H,15,18). The van der Waals surface area contributed by atoms with Crippen molar-refractivity contribution in [2.75, 3.05) is 13.2 Å². The number of hydrogen-bond acceptors (Lipinski definition) is 2. The average Bonchev–Trinajstić information content (AvgIpc) is 2.67. The first-order valence-corrected chi connectivity index (χ1v) is 6.84. The van der Waals surface area contributed by atoms with Crippen LogP contribution in [0.4, 0.5) is 0 Å². The minimum Gasteiger partial charge on any atom is -0.381 e. The Hall–Kier alpha value is -1.13. The largest absolute Gasteiger partial charge is 0.381 e. The molecule has 2 heterocycles. The van der Waals surface area contributed by atoms with Crippen LogP contribution in [0, 0.1) is 10.2 Å². The summed E-state index contributed by atoms with van der Waals surface area (Å²) >= 11 is 5.45. The molecule has 1 aromatic carbocycles. The maximum absolute atomic E-state index is 5.46. The van der Waals surface area contributed by atoms with Crippen LogP contribution in [-0.2, 0) is 11.3 Å². The lowest BCUT2D eigenvalue weighted by Gasteiger charge is -2.33. The van der Waals surface area contributed by atoms with Gasteiger partial charge in [-0.15, -0.1) is 0 Å². The number of hydrogen-bond donors (Lipinski definition) is 1. The molecule has 1 aliphatic heterocycles. The van der Waals surface area contributed by atoms with Crippen LogP contribution in [0.1, 0.15) is 19.8 Å². The Labute approximate surface area is 112 Å². The summed E-state index contributed by atoms with van der Waals surface area (Å²) in [7, 11) is 0. The summed E-state index contributed by atoms with van der Waals surface area (Å²) in [6.07, 6.45) is 2.21. The highest BCUT2D eigenvalue weighted by Gasteiger charge is 2.28. The predicted octanol–water partition coefficient (Wildman–Crippen LogP) is 3.52.